The molecule has 0 bridgehead atoms. The monoisotopic (exact) mass is 450 g/mol. The van der Waals surface area contributed by atoms with Gasteiger partial charge in [0.2, 0.25) is 5.91 Å². The molecule has 0 unspecified atom stereocenters. The summed E-state index contributed by atoms with van der Waals surface area (Å²) in [4.78, 5) is 28.1. The minimum absolute atomic E-state index is 0.146. The first-order valence-corrected chi connectivity index (χ1v) is 11.4. The Morgan fingerprint density at radius 1 is 1.03 bits per heavy atom. The van der Waals surface area contributed by atoms with E-state index < -0.39 is 0 Å². The second kappa shape index (κ2) is 9.38. The summed E-state index contributed by atoms with van der Waals surface area (Å²) in [5.41, 5.74) is 3.00. The lowest BCUT2D eigenvalue weighted by atomic mass is 10.1. The van der Waals surface area contributed by atoms with Crippen LogP contribution in [0.25, 0.3) is 17.2 Å². The predicted octanol–water partition coefficient (Wildman–Crippen LogP) is 5.65. The predicted molar refractivity (Wildman–Crippen MR) is 129 cm³/mol. The standard InChI is InChI=1S/C23H18N2O2S3/c26-21(24-18-9-5-2-6-10-18)11-12-25-22(27)20(30-23(25)28)14-19-13-17(15-29-19)16-7-3-1-4-8-16/h1-10,13-15H,11-12H2,(H,24,26)/b20-14-. The van der Waals surface area contributed by atoms with Crippen molar-refractivity contribution in [2.75, 3.05) is 11.9 Å². The Kier molecular flexibility index (Phi) is 6.42. The number of hydrogen-bond acceptors (Lipinski definition) is 5. The normalized spacial score (nSPS) is 15.1. The highest BCUT2D eigenvalue weighted by Crippen LogP contribution is 2.35. The van der Waals surface area contributed by atoms with Crippen LogP contribution in [0, 0.1) is 0 Å². The Morgan fingerprint density at radius 3 is 2.47 bits per heavy atom. The first-order valence-electron chi connectivity index (χ1n) is 9.34. The molecule has 30 heavy (non-hydrogen) atoms. The number of para-hydroxylation sites is 1. The molecule has 3 aromatic rings. The van der Waals surface area contributed by atoms with Gasteiger partial charge in [-0.05, 0) is 40.8 Å². The minimum atomic E-state index is -0.148. The van der Waals surface area contributed by atoms with E-state index in [4.69, 9.17) is 12.2 Å². The highest BCUT2D eigenvalue weighted by Gasteiger charge is 2.32. The smallest absolute Gasteiger partial charge is 0.266 e. The Balaban J connectivity index is 1.39. The second-order valence-corrected chi connectivity index (χ2v) is 9.22. The van der Waals surface area contributed by atoms with Gasteiger partial charge in [-0.15, -0.1) is 11.3 Å². The molecule has 0 aliphatic carbocycles. The lowest BCUT2D eigenvalue weighted by Crippen LogP contribution is -2.31. The Bertz CT molecular complexity index is 1110. The molecular weight excluding hydrogens is 432 g/mol. The highest BCUT2D eigenvalue weighted by atomic mass is 32.2. The minimum Gasteiger partial charge on any atom is -0.326 e. The maximum Gasteiger partial charge on any atom is 0.266 e. The number of anilines is 1. The molecule has 1 N–H and O–H groups in total. The van der Waals surface area contributed by atoms with Gasteiger partial charge < -0.3 is 5.32 Å². The largest absolute Gasteiger partial charge is 0.326 e. The average Bonchev–Trinajstić information content (AvgIpc) is 3.33. The van der Waals surface area contributed by atoms with E-state index >= 15 is 0 Å². The first-order chi connectivity index (χ1) is 14.6. The summed E-state index contributed by atoms with van der Waals surface area (Å²) in [6.07, 6.45) is 2.06. The van der Waals surface area contributed by atoms with Gasteiger partial charge >= 0.3 is 0 Å². The zero-order chi connectivity index (χ0) is 20.9. The number of hydrogen-bond donors (Lipinski definition) is 1. The van der Waals surface area contributed by atoms with Crippen molar-refractivity contribution in [3.8, 4) is 11.1 Å². The van der Waals surface area contributed by atoms with Gasteiger partial charge in [0.1, 0.15) is 4.32 Å². The van der Waals surface area contributed by atoms with Gasteiger partial charge in [0, 0.05) is 23.5 Å². The molecule has 1 fully saturated rings. The lowest BCUT2D eigenvalue weighted by molar-refractivity contribution is -0.122. The van der Waals surface area contributed by atoms with Crippen LogP contribution in [-0.2, 0) is 9.59 Å². The molecule has 1 saturated heterocycles. The van der Waals surface area contributed by atoms with E-state index in [-0.39, 0.29) is 24.8 Å². The molecule has 1 aliphatic rings. The molecule has 150 valence electrons. The third kappa shape index (κ3) is 4.87. The molecular formula is C23H18N2O2S3. The van der Waals surface area contributed by atoms with Crippen LogP contribution in [0.1, 0.15) is 11.3 Å². The van der Waals surface area contributed by atoms with E-state index in [1.807, 2.05) is 54.6 Å². The fraction of sp³-hybridized carbons (Fsp3) is 0.0870. The number of thiocarbonyl (C=S) groups is 1. The van der Waals surface area contributed by atoms with E-state index in [9.17, 15) is 9.59 Å². The van der Waals surface area contributed by atoms with Gasteiger partial charge in [-0.2, -0.15) is 0 Å². The van der Waals surface area contributed by atoms with Crippen molar-refractivity contribution in [2.24, 2.45) is 0 Å². The van der Waals surface area contributed by atoms with Crippen LogP contribution in [0.4, 0.5) is 5.69 Å². The third-order valence-electron chi connectivity index (χ3n) is 4.49. The molecule has 2 heterocycles. The molecule has 7 heteroatoms. The molecule has 4 rings (SSSR count). The van der Waals surface area contributed by atoms with Crippen LogP contribution in [0.5, 0.6) is 0 Å². The van der Waals surface area contributed by atoms with Gasteiger partial charge in [0.25, 0.3) is 5.91 Å². The average molecular weight is 451 g/mol. The molecule has 1 aromatic heterocycles. The zero-order valence-corrected chi connectivity index (χ0v) is 18.4. The number of nitrogens with zero attached hydrogens (tertiary/aromatic N) is 1. The summed E-state index contributed by atoms with van der Waals surface area (Å²) in [5.74, 6) is -0.294. The fourth-order valence-corrected chi connectivity index (χ4v) is 5.21. The number of thioether (sulfide) groups is 1. The number of thiophene rings is 1. The summed E-state index contributed by atoms with van der Waals surface area (Å²) in [6, 6.07) is 21.4. The number of carbonyl (C=O) groups is 2. The Hall–Kier alpha value is -2.74. The number of amides is 2. The van der Waals surface area contributed by atoms with E-state index in [0.29, 0.717) is 9.23 Å². The van der Waals surface area contributed by atoms with Crippen LogP contribution in [0.15, 0.2) is 77.0 Å². The van der Waals surface area contributed by atoms with Gasteiger partial charge in [-0.3, -0.25) is 14.5 Å². The molecule has 0 radical (unpaired) electrons. The van der Waals surface area contributed by atoms with E-state index in [0.717, 1.165) is 21.7 Å². The molecule has 4 nitrogen and oxygen atoms in total. The fourth-order valence-electron chi connectivity index (χ4n) is 2.99. The van der Waals surface area contributed by atoms with Crippen molar-refractivity contribution < 1.29 is 9.59 Å². The SMILES string of the molecule is O=C(CCN1C(=O)/C(=C/c2cc(-c3ccccc3)cs2)SC1=S)Nc1ccccc1. The molecule has 2 amide bonds. The number of benzene rings is 2. The molecule has 2 aromatic carbocycles. The van der Waals surface area contributed by atoms with Crippen LogP contribution in [-0.4, -0.2) is 27.6 Å². The lowest BCUT2D eigenvalue weighted by Gasteiger charge is -2.14. The van der Waals surface area contributed by atoms with Gasteiger partial charge in [-0.25, -0.2) is 0 Å². The van der Waals surface area contributed by atoms with Gasteiger partial charge in [0.05, 0.1) is 4.91 Å². The number of carbonyl (C=O) groups excluding carboxylic acids is 2. The van der Waals surface area contributed by atoms with Gasteiger partial charge in [0.15, 0.2) is 0 Å². The van der Waals surface area contributed by atoms with Crippen molar-refractivity contribution in [2.45, 2.75) is 6.42 Å². The summed E-state index contributed by atoms with van der Waals surface area (Å²) in [6.45, 7) is 0.264. The Labute approximate surface area is 188 Å². The topological polar surface area (TPSA) is 49.4 Å². The van der Waals surface area contributed by atoms with Crippen molar-refractivity contribution in [1.82, 2.24) is 4.90 Å². The van der Waals surface area contributed by atoms with Crippen LogP contribution < -0.4 is 5.32 Å². The molecule has 0 atom stereocenters. The summed E-state index contributed by atoms with van der Waals surface area (Å²) < 4.78 is 0.485. The van der Waals surface area contributed by atoms with Crippen LogP contribution in [0.2, 0.25) is 0 Å². The third-order valence-corrected chi connectivity index (χ3v) is 6.75. The number of rotatable bonds is 6. The van der Waals surface area contributed by atoms with E-state index in [2.05, 4.69) is 28.9 Å². The summed E-state index contributed by atoms with van der Waals surface area (Å²) in [7, 11) is 0. The summed E-state index contributed by atoms with van der Waals surface area (Å²) >= 11 is 8.24. The Morgan fingerprint density at radius 2 is 1.73 bits per heavy atom. The maximum atomic E-state index is 12.8. The van der Waals surface area contributed by atoms with Crippen molar-refractivity contribution >= 4 is 63.2 Å². The van der Waals surface area contributed by atoms with E-state index in [1.165, 1.54) is 16.7 Å². The van der Waals surface area contributed by atoms with E-state index in [1.54, 1.807) is 11.3 Å². The van der Waals surface area contributed by atoms with Gasteiger partial charge in [-0.1, -0.05) is 72.5 Å². The maximum absolute atomic E-state index is 12.8. The first kappa shape index (κ1) is 20.5. The van der Waals surface area contributed by atoms with Crippen LogP contribution in [0.3, 0.4) is 0 Å². The second-order valence-electron chi connectivity index (χ2n) is 6.60. The number of nitrogens with one attached hydrogen (secondary N) is 1. The highest BCUT2D eigenvalue weighted by molar-refractivity contribution is 8.26. The molecule has 1 aliphatic heterocycles. The summed E-state index contributed by atoms with van der Waals surface area (Å²) in [5, 5.41) is 4.90. The quantitative estimate of drug-likeness (QED) is 0.390. The van der Waals surface area contributed by atoms with Crippen molar-refractivity contribution in [1.29, 1.82) is 0 Å². The zero-order valence-electron chi connectivity index (χ0n) is 15.9. The molecule has 0 spiro atoms. The van der Waals surface area contributed by atoms with Crippen molar-refractivity contribution in [3.05, 3.63) is 81.9 Å². The van der Waals surface area contributed by atoms with Crippen LogP contribution >= 0.6 is 35.3 Å². The molecule has 0 saturated carbocycles. The van der Waals surface area contributed by atoms with Crippen molar-refractivity contribution in [3.63, 3.8) is 0 Å².